The number of aliphatic hydroxyl groups is 1. The van der Waals surface area contributed by atoms with Crippen LogP contribution in [-0.2, 0) is 14.2 Å². The fraction of sp³-hybridized carbons (Fsp3) is 0.950. The van der Waals surface area contributed by atoms with Crippen LogP contribution >= 0.6 is 0 Å². The first kappa shape index (κ1) is 26.4. The minimum Gasteiger partial charge on any atom is -0.443 e. The molecule has 0 heterocycles. The lowest BCUT2D eigenvalue weighted by atomic mass is 9.93. The summed E-state index contributed by atoms with van der Waals surface area (Å²) in [5.41, 5.74) is 0. The molecule has 0 fully saturated rings. The summed E-state index contributed by atoms with van der Waals surface area (Å²) >= 11 is 0. The molecule has 0 rings (SSSR count). The maximum Gasteiger partial charge on any atom is 0.285 e. The molecule has 0 amide bonds. The molecule has 0 aromatic rings. The van der Waals surface area contributed by atoms with Crippen molar-refractivity contribution in [2.75, 3.05) is 19.8 Å². The zero-order valence-corrected chi connectivity index (χ0v) is 17.2. The first-order valence-corrected chi connectivity index (χ1v) is 10.1. The molecule has 0 saturated carbocycles. The SMILES string of the molecule is CCCCCCCCC(CCC)C(OCC)(OCC)OCC.N#CO. The third-order valence-electron chi connectivity index (χ3n) is 4.08. The van der Waals surface area contributed by atoms with Crippen LogP contribution in [-0.4, -0.2) is 30.9 Å². The molecule has 1 atom stereocenters. The van der Waals surface area contributed by atoms with Gasteiger partial charge in [0, 0.05) is 25.7 Å². The monoisotopic (exact) mass is 359 g/mol. The van der Waals surface area contributed by atoms with Crippen LogP contribution in [0.1, 0.15) is 92.4 Å². The van der Waals surface area contributed by atoms with Gasteiger partial charge < -0.3 is 19.3 Å². The Labute approximate surface area is 155 Å². The highest BCUT2D eigenvalue weighted by atomic mass is 16.9. The van der Waals surface area contributed by atoms with Gasteiger partial charge in [0.05, 0.1) is 0 Å². The Balaban J connectivity index is 0. The Morgan fingerprint density at radius 1 is 0.760 bits per heavy atom. The molecule has 0 bridgehead atoms. The van der Waals surface area contributed by atoms with Gasteiger partial charge in [-0.15, -0.1) is 0 Å². The van der Waals surface area contributed by atoms with Gasteiger partial charge in [0.1, 0.15) is 0 Å². The van der Waals surface area contributed by atoms with Gasteiger partial charge in [-0.2, -0.15) is 5.26 Å². The normalized spacial score (nSPS) is 12.2. The third kappa shape index (κ3) is 13.1. The summed E-state index contributed by atoms with van der Waals surface area (Å²) in [4.78, 5) is 0. The molecule has 0 radical (unpaired) electrons. The van der Waals surface area contributed by atoms with E-state index in [1.807, 2.05) is 20.8 Å². The van der Waals surface area contributed by atoms with Crippen molar-refractivity contribution in [3.8, 4) is 6.26 Å². The molecule has 1 N–H and O–H groups in total. The Morgan fingerprint density at radius 2 is 1.20 bits per heavy atom. The minimum absolute atomic E-state index is 0.323. The zero-order valence-electron chi connectivity index (χ0n) is 17.2. The molecule has 0 aromatic carbocycles. The van der Waals surface area contributed by atoms with E-state index in [0.29, 0.717) is 25.7 Å². The number of nitriles is 1. The number of aliphatic hydroxyl groups excluding tert-OH is 1. The van der Waals surface area contributed by atoms with Gasteiger partial charge in [-0.3, -0.25) is 0 Å². The van der Waals surface area contributed by atoms with Gasteiger partial charge in [0.15, 0.2) is 0 Å². The zero-order chi connectivity index (χ0) is 19.4. The highest BCUT2D eigenvalue weighted by Gasteiger charge is 2.41. The van der Waals surface area contributed by atoms with Crippen molar-refractivity contribution in [1.82, 2.24) is 0 Å². The van der Waals surface area contributed by atoms with Crippen molar-refractivity contribution in [1.29, 1.82) is 5.26 Å². The molecule has 0 aromatic heterocycles. The van der Waals surface area contributed by atoms with E-state index >= 15 is 0 Å². The largest absolute Gasteiger partial charge is 0.443 e. The molecule has 0 aliphatic rings. The molecule has 150 valence electrons. The van der Waals surface area contributed by atoms with Crippen molar-refractivity contribution >= 4 is 0 Å². The molecule has 5 heteroatoms. The summed E-state index contributed by atoms with van der Waals surface area (Å²) in [7, 11) is 0. The molecular weight excluding hydrogens is 318 g/mol. The first-order chi connectivity index (χ1) is 12.1. The van der Waals surface area contributed by atoms with Gasteiger partial charge >= 0.3 is 0 Å². The number of unbranched alkanes of at least 4 members (excludes halogenated alkanes) is 5. The second kappa shape index (κ2) is 19.5. The van der Waals surface area contributed by atoms with E-state index in [4.69, 9.17) is 24.6 Å². The number of rotatable bonds is 16. The first-order valence-electron chi connectivity index (χ1n) is 10.1. The molecule has 0 aliphatic heterocycles. The van der Waals surface area contributed by atoms with Crippen molar-refractivity contribution in [3.05, 3.63) is 0 Å². The molecule has 0 spiro atoms. The third-order valence-corrected chi connectivity index (χ3v) is 4.08. The summed E-state index contributed by atoms with van der Waals surface area (Å²) in [6, 6.07) is 0. The summed E-state index contributed by atoms with van der Waals surface area (Å²) in [5, 5.41) is 13.8. The van der Waals surface area contributed by atoms with Crippen LogP contribution in [0.3, 0.4) is 0 Å². The molecule has 0 saturated heterocycles. The molecule has 25 heavy (non-hydrogen) atoms. The number of nitrogens with zero attached hydrogens (tertiary/aromatic N) is 1. The summed E-state index contributed by atoms with van der Waals surface area (Å²) < 4.78 is 17.9. The van der Waals surface area contributed by atoms with Gasteiger partial charge in [0.25, 0.3) is 12.2 Å². The van der Waals surface area contributed by atoms with Crippen LogP contribution in [0.2, 0.25) is 0 Å². The summed E-state index contributed by atoms with van der Waals surface area (Å²) in [6.45, 7) is 12.4. The van der Waals surface area contributed by atoms with E-state index in [1.165, 1.54) is 38.5 Å². The van der Waals surface area contributed by atoms with Crippen molar-refractivity contribution in [2.45, 2.75) is 98.4 Å². The predicted molar refractivity (Wildman–Crippen MR) is 102 cm³/mol. The van der Waals surface area contributed by atoms with E-state index in [2.05, 4.69) is 13.8 Å². The number of hydrogen-bond donors (Lipinski definition) is 1. The topological polar surface area (TPSA) is 71.7 Å². The standard InChI is InChI=1S/C19H40O3.CHNO/c1-6-11-12-13-14-15-17-18(16-7-2)19(20-8-3,21-9-4)22-10-5;2-1-3/h18H,6-17H2,1-5H3;3H. The average molecular weight is 360 g/mol. The van der Waals surface area contributed by atoms with Crippen LogP contribution in [0.4, 0.5) is 0 Å². The van der Waals surface area contributed by atoms with Crippen LogP contribution in [0.15, 0.2) is 0 Å². The van der Waals surface area contributed by atoms with E-state index in [1.54, 1.807) is 0 Å². The lowest BCUT2D eigenvalue weighted by molar-refractivity contribution is -0.403. The van der Waals surface area contributed by atoms with Crippen molar-refractivity contribution in [2.24, 2.45) is 5.92 Å². The Morgan fingerprint density at radius 3 is 1.60 bits per heavy atom. The van der Waals surface area contributed by atoms with Crippen LogP contribution < -0.4 is 0 Å². The van der Waals surface area contributed by atoms with E-state index < -0.39 is 5.97 Å². The molecule has 0 aliphatic carbocycles. The minimum atomic E-state index is -0.836. The second-order valence-electron chi connectivity index (χ2n) is 6.04. The number of ether oxygens (including phenoxy) is 3. The predicted octanol–water partition coefficient (Wildman–Crippen LogP) is 5.76. The van der Waals surface area contributed by atoms with Crippen molar-refractivity contribution in [3.63, 3.8) is 0 Å². The van der Waals surface area contributed by atoms with Crippen molar-refractivity contribution < 1.29 is 19.3 Å². The molecule has 1 unspecified atom stereocenters. The Kier molecular flexibility index (Phi) is 20.6. The second-order valence-corrected chi connectivity index (χ2v) is 6.04. The fourth-order valence-electron chi connectivity index (χ4n) is 3.10. The van der Waals surface area contributed by atoms with Gasteiger partial charge in [-0.05, 0) is 33.6 Å². The maximum absolute atomic E-state index is 6.88. The van der Waals surface area contributed by atoms with E-state index in [9.17, 15) is 0 Å². The fourth-order valence-corrected chi connectivity index (χ4v) is 3.10. The van der Waals surface area contributed by atoms with Gasteiger partial charge in [-0.25, -0.2) is 0 Å². The molecule has 5 nitrogen and oxygen atoms in total. The smallest absolute Gasteiger partial charge is 0.285 e. The highest BCUT2D eigenvalue weighted by Crippen LogP contribution is 2.33. The van der Waals surface area contributed by atoms with Crippen LogP contribution in [0, 0.1) is 17.4 Å². The lowest BCUT2D eigenvalue weighted by Crippen LogP contribution is -2.46. The lowest BCUT2D eigenvalue weighted by Gasteiger charge is -2.39. The van der Waals surface area contributed by atoms with Gasteiger partial charge in [-0.1, -0.05) is 58.8 Å². The quantitative estimate of drug-likeness (QED) is 0.215. The Hall–Kier alpha value is -0.830. The average Bonchev–Trinajstić information content (AvgIpc) is 2.58. The van der Waals surface area contributed by atoms with E-state index in [0.717, 1.165) is 25.5 Å². The molecular formula is C20H41NO4. The maximum atomic E-state index is 6.88. The van der Waals surface area contributed by atoms with Crippen LogP contribution in [0.5, 0.6) is 0 Å². The Bertz CT molecular complexity index is 288. The highest BCUT2D eigenvalue weighted by molar-refractivity contribution is 4.72. The summed E-state index contributed by atoms with van der Waals surface area (Å²) in [6.07, 6.45) is 12.0. The van der Waals surface area contributed by atoms with Gasteiger partial charge in [0.2, 0.25) is 0 Å². The number of hydrogen-bond acceptors (Lipinski definition) is 5. The van der Waals surface area contributed by atoms with Crippen LogP contribution in [0.25, 0.3) is 0 Å². The summed E-state index contributed by atoms with van der Waals surface area (Å²) in [5.74, 6) is -0.513. The van der Waals surface area contributed by atoms with E-state index in [-0.39, 0.29) is 0 Å².